The molecule has 8 heteroatoms. The summed E-state index contributed by atoms with van der Waals surface area (Å²) in [6, 6.07) is 8.75. The van der Waals surface area contributed by atoms with Crippen molar-refractivity contribution in [3.05, 3.63) is 29.8 Å². The average Bonchev–Trinajstić information content (AvgIpc) is 3.33. The molecule has 3 rings (SSSR count). The number of hydrogen-bond donors (Lipinski definition) is 3. The zero-order valence-electron chi connectivity index (χ0n) is 19.6. The minimum Gasteiger partial charge on any atom is -0.496 e. The number of rotatable bonds is 9. The number of hydrogen-bond acceptors (Lipinski definition) is 4. The van der Waals surface area contributed by atoms with E-state index in [1.54, 1.807) is 7.11 Å². The first-order valence-corrected chi connectivity index (χ1v) is 11.9. The lowest BCUT2D eigenvalue weighted by molar-refractivity contribution is -0.120. The Bertz CT molecular complexity index is 718. The van der Waals surface area contributed by atoms with Crippen LogP contribution in [0.5, 0.6) is 5.75 Å². The molecule has 1 amide bonds. The molecule has 3 N–H and O–H groups in total. The highest BCUT2D eigenvalue weighted by molar-refractivity contribution is 14.0. The number of nitrogens with one attached hydrogen (secondary N) is 3. The second-order valence-corrected chi connectivity index (χ2v) is 8.48. The lowest BCUT2D eigenvalue weighted by Crippen LogP contribution is -2.44. The van der Waals surface area contributed by atoms with Gasteiger partial charge in [0.25, 0.3) is 0 Å². The summed E-state index contributed by atoms with van der Waals surface area (Å²) in [4.78, 5) is 19.4. The van der Waals surface area contributed by atoms with Crippen LogP contribution in [0.3, 0.4) is 0 Å². The van der Waals surface area contributed by atoms with Crippen molar-refractivity contribution in [1.29, 1.82) is 0 Å². The number of nitrogens with zero attached hydrogens (tertiary/aromatic N) is 2. The van der Waals surface area contributed by atoms with E-state index in [0.29, 0.717) is 18.5 Å². The third-order valence-corrected chi connectivity index (χ3v) is 6.24. The molecule has 1 aliphatic heterocycles. The van der Waals surface area contributed by atoms with Crippen LogP contribution in [-0.4, -0.2) is 62.6 Å². The second-order valence-electron chi connectivity index (χ2n) is 8.48. The number of guanidine groups is 1. The molecule has 32 heavy (non-hydrogen) atoms. The van der Waals surface area contributed by atoms with E-state index < -0.39 is 0 Å². The Morgan fingerprint density at radius 3 is 2.53 bits per heavy atom. The highest BCUT2D eigenvalue weighted by Gasteiger charge is 2.26. The predicted octanol–water partition coefficient (Wildman–Crippen LogP) is 3.45. The highest BCUT2D eigenvalue weighted by atomic mass is 127. The zero-order valence-corrected chi connectivity index (χ0v) is 21.9. The standard InChI is InChI=1S/C24H39N5O2.HI/c1-3-25-24(27-18-23(30)28-19-11-5-4-6-12-19)26-17-21(29-15-9-10-16-29)20-13-7-8-14-22(20)31-2;/h7-8,13-14,19,21H,3-6,9-12,15-18H2,1-2H3,(H,28,30)(H2,25,26,27);1H. The van der Waals surface area contributed by atoms with Crippen LogP contribution in [0.15, 0.2) is 29.3 Å². The molecular formula is C24H40IN5O2. The first-order valence-electron chi connectivity index (χ1n) is 11.9. The number of methoxy groups -OCH3 is 1. The third kappa shape index (κ3) is 8.10. The van der Waals surface area contributed by atoms with Crippen LogP contribution in [0, 0.1) is 0 Å². The van der Waals surface area contributed by atoms with E-state index in [1.807, 2.05) is 19.1 Å². The van der Waals surface area contributed by atoms with Crippen molar-refractivity contribution in [3.8, 4) is 5.75 Å². The molecule has 2 aliphatic rings. The molecule has 1 saturated heterocycles. The molecule has 1 heterocycles. The molecule has 2 fully saturated rings. The molecule has 0 radical (unpaired) electrons. The van der Waals surface area contributed by atoms with Gasteiger partial charge in [-0.3, -0.25) is 9.69 Å². The first-order chi connectivity index (χ1) is 15.2. The normalized spacial score (nSPS) is 18.5. The summed E-state index contributed by atoms with van der Waals surface area (Å²) >= 11 is 0. The fraction of sp³-hybridized carbons (Fsp3) is 0.667. The van der Waals surface area contributed by atoms with Crippen LogP contribution in [-0.2, 0) is 4.79 Å². The van der Waals surface area contributed by atoms with Gasteiger partial charge in [0.15, 0.2) is 5.96 Å². The summed E-state index contributed by atoms with van der Waals surface area (Å²) in [7, 11) is 1.73. The number of carbonyl (C=O) groups excluding carboxylic acids is 1. The number of para-hydroxylation sites is 1. The number of benzene rings is 1. The zero-order chi connectivity index (χ0) is 21.9. The number of likely N-dealkylation sites (tertiary alicyclic amines) is 1. The Morgan fingerprint density at radius 1 is 1.12 bits per heavy atom. The molecule has 180 valence electrons. The van der Waals surface area contributed by atoms with E-state index in [9.17, 15) is 4.79 Å². The van der Waals surface area contributed by atoms with Gasteiger partial charge in [0.05, 0.1) is 13.2 Å². The Labute approximate surface area is 210 Å². The van der Waals surface area contributed by atoms with Crippen LogP contribution in [0.4, 0.5) is 0 Å². The van der Waals surface area contributed by atoms with Gasteiger partial charge in [-0.2, -0.15) is 0 Å². The lowest BCUT2D eigenvalue weighted by atomic mass is 9.95. The minimum absolute atomic E-state index is 0. The lowest BCUT2D eigenvalue weighted by Gasteiger charge is -2.30. The van der Waals surface area contributed by atoms with Gasteiger partial charge in [-0.05, 0) is 51.8 Å². The van der Waals surface area contributed by atoms with Crippen LogP contribution in [0.1, 0.15) is 63.5 Å². The maximum Gasteiger partial charge on any atom is 0.242 e. The molecular weight excluding hydrogens is 517 g/mol. The molecule has 1 unspecified atom stereocenters. The minimum atomic E-state index is 0. The van der Waals surface area contributed by atoms with Gasteiger partial charge < -0.3 is 20.7 Å². The number of amides is 1. The van der Waals surface area contributed by atoms with Gasteiger partial charge in [-0.1, -0.05) is 37.5 Å². The topological polar surface area (TPSA) is 78.0 Å². The molecule has 1 saturated carbocycles. The van der Waals surface area contributed by atoms with E-state index in [4.69, 9.17) is 4.74 Å². The fourth-order valence-corrected chi connectivity index (χ4v) is 4.64. The number of aliphatic imine (C=N–C) groups is 1. The molecule has 0 bridgehead atoms. The molecule has 0 aromatic heterocycles. The van der Waals surface area contributed by atoms with Gasteiger partial charge in [0, 0.05) is 24.7 Å². The average molecular weight is 558 g/mol. The quantitative estimate of drug-likeness (QED) is 0.246. The van der Waals surface area contributed by atoms with Crippen molar-refractivity contribution in [2.24, 2.45) is 4.99 Å². The summed E-state index contributed by atoms with van der Waals surface area (Å²) in [5.41, 5.74) is 1.19. The van der Waals surface area contributed by atoms with Crippen LogP contribution >= 0.6 is 24.0 Å². The highest BCUT2D eigenvalue weighted by Crippen LogP contribution is 2.31. The summed E-state index contributed by atoms with van der Waals surface area (Å²) < 4.78 is 5.64. The SMILES string of the molecule is CCNC(=NCC(=O)NC1CCCCC1)NCC(c1ccccc1OC)N1CCCC1.I. The molecule has 1 aromatic rings. The molecule has 0 spiro atoms. The van der Waals surface area contributed by atoms with Gasteiger partial charge in [0.2, 0.25) is 5.91 Å². The summed E-state index contributed by atoms with van der Waals surface area (Å²) in [5, 5.41) is 9.89. The Kier molecular flexibility index (Phi) is 12.2. The Morgan fingerprint density at radius 2 is 1.84 bits per heavy atom. The fourth-order valence-electron chi connectivity index (χ4n) is 4.64. The van der Waals surface area contributed by atoms with E-state index in [-0.39, 0.29) is 42.5 Å². The molecule has 1 aromatic carbocycles. The summed E-state index contributed by atoms with van der Waals surface area (Å²) in [6.45, 7) is 5.81. The number of halogens is 1. The maximum absolute atomic E-state index is 12.4. The smallest absolute Gasteiger partial charge is 0.242 e. The monoisotopic (exact) mass is 557 g/mol. The largest absolute Gasteiger partial charge is 0.496 e. The Hall–Kier alpha value is -1.55. The van der Waals surface area contributed by atoms with Crippen molar-refractivity contribution < 1.29 is 9.53 Å². The number of ether oxygens (including phenoxy) is 1. The van der Waals surface area contributed by atoms with E-state index >= 15 is 0 Å². The predicted molar refractivity (Wildman–Crippen MR) is 141 cm³/mol. The van der Waals surface area contributed by atoms with E-state index in [2.05, 4.69) is 38.0 Å². The van der Waals surface area contributed by atoms with Crippen molar-refractivity contribution >= 4 is 35.8 Å². The first kappa shape index (κ1) is 26.7. The van der Waals surface area contributed by atoms with Gasteiger partial charge in [-0.25, -0.2) is 4.99 Å². The van der Waals surface area contributed by atoms with E-state index in [0.717, 1.165) is 38.2 Å². The van der Waals surface area contributed by atoms with Gasteiger partial charge in [-0.15, -0.1) is 24.0 Å². The van der Waals surface area contributed by atoms with Gasteiger partial charge >= 0.3 is 0 Å². The van der Waals surface area contributed by atoms with E-state index in [1.165, 1.54) is 37.7 Å². The second kappa shape index (κ2) is 14.6. The summed E-state index contributed by atoms with van der Waals surface area (Å²) in [5.74, 6) is 1.60. The molecule has 1 atom stereocenters. The summed E-state index contributed by atoms with van der Waals surface area (Å²) in [6.07, 6.45) is 8.32. The molecule has 1 aliphatic carbocycles. The van der Waals surface area contributed by atoms with Crippen LogP contribution in [0.2, 0.25) is 0 Å². The van der Waals surface area contributed by atoms with Crippen molar-refractivity contribution in [2.75, 3.05) is 39.8 Å². The van der Waals surface area contributed by atoms with Gasteiger partial charge in [0.1, 0.15) is 12.3 Å². The Balaban J connectivity index is 0.00000363. The number of carbonyl (C=O) groups is 1. The van der Waals surface area contributed by atoms with Crippen molar-refractivity contribution in [3.63, 3.8) is 0 Å². The third-order valence-electron chi connectivity index (χ3n) is 6.24. The van der Waals surface area contributed by atoms with Crippen molar-refractivity contribution in [1.82, 2.24) is 20.9 Å². The van der Waals surface area contributed by atoms with Crippen LogP contribution in [0.25, 0.3) is 0 Å². The van der Waals surface area contributed by atoms with Crippen LogP contribution < -0.4 is 20.7 Å². The van der Waals surface area contributed by atoms with Crippen molar-refractivity contribution in [2.45, 2.75) is 64.0 Å². The molecule has 7 nitrogen and oxygen atoms in total. The maximum atomic E-state index is 12.4.